The molecule has 1 heterocycles. The second-order valence-corrected chi connectivity index (χ2v) is 9.90. The fraction of sp³-hybridized carbons (Fsp3) is 0.320. The quantitative estimate of drug-likeness (QED) is 0.314. The van der Waals surface area contributed by atoms with Gasteiger partial charge < -0.3 is 9.47 Å². The van der Waals surface area contributed by atoms with Gasteiger partial charge in [0.05, 0.1) is 21.1 Å². The van der Waals surface area contributed by atoms with E-state index in [9.17, 15) is 14.4 Å². The Bertz CT molecular complexity index is 1210. The highest BCUT2D eigenvalue weighted by atomic mass is 79.9. The smallest absolute Gasteiger partial charge is 0.331 e. The Hall–Kier alpha value is -2.55. The van der Waals surface area contributed by atoms with Gasteiger partial charge in [0.15, 0.2) is 11.5 Å². The molecular formula is C25H23BrCl2N2O5. The predicted octanol–water partition coefficient (Wildman–Crippen LogP) is 6.14. The van der Waals surface area contributed by atoms with Crippen molar-refractivity contribution in [2.24, 2.45) is 0 Å². The number of imide groups is 2. The number of nitrogens with zero attached hydrogens (tertiary/aromatic N) is 1. The van der Waals surface area contributed by atoms with Crippen LogP contribution in [0.3, 0.4) is 0 Å². The summed E-state index contributed by atoms with van der Waals surface area (Å²) in [4.78, 5) is 39.1. The first kappa shape index (κ1) is 25.5. The molecule has 0 atom stereocenters. The highest BCUT2D eigenvalue weighted by molar-refractivity contribution is 9.10. The van der Waals surface area contributed by atoms with Crippen LogP contribution in [0.2, 0.25) is 10.0 Å². The molecule has 1 aliphatic carbocycles. The van der Waals surface area contributed by atoms with Gasteiger partial charge in [-0.2, -0.15) is 0 Å². The lowest BCUT2D eigenvalue weighted by Gasteiger charge is -2.31. The van der Waals surface area contributed by atoms with Crippen LogP contribution in [0.15, 0.2) is 40.4 Å². The van der Waals surface area contributed by atoms with Crippen LogP contribution in [0.1, 0.15) is 43.7 Å². The largest absolute Gasteiger partial charge is 0.490 e. The van der Waals surface area contributed by atoms with Crippen LogP contribution < -0.4 is 14.8 Å². The molecule has 4 rings (SSSR count). The Morgan fingerprint density at radius 2 is 1.83 bits per heavy atom. The molecule has 0 unspecified atom stereocenters. The summed E-state index contributed by atoms with van der Waals surface area (Å²) in [5.74, 6) is -0.411. The van der Waals surface area contributed by atoms with E-state index in [4.69, 9.17) is 32.7 Å². The molecule has 4 amide bonds. The summed E-state index contributed by atoms with van der Waals surface area (Å²) < 4.78 is 12.3. The molecule has 1 saturated carbocycles. The summed E-state index contributed by atoms with van der Waals surface area (Å²) in [7, 11) is 0. The molecule has 2 aromatic rings. The summed E-state index contributed by atoms with van der Waals surface area (Å²) in [6.07, 6.45) is 4.84. The van der Waals surface area contributed by atoms with E-state index < -0.39 is 17.8 Å². The van der Waals surface area contributed by atoms with Gasteiger partial charge in [0.25, 0.3) is 11.8 Å². The van der Waals surface area contributed by atoms with Crippen LogP contribution in [0.4, 0.5) is 4.79 Å². The van der Waals surface area contributed by atoms with Crippen molar-refractivity contribution < 1.29 is 23.9 Å². The van der Waals surface area contributed by atoms with Crippen LogP contribution >= 0.6 is 39.1 Å². The van der Waals surface area contributed by atoms with Crippen molar-refractivity contribution in [1.29, 1.82) is 0 Å². The second-order valence-electron chi connectivity index (χ2n) is 8.23. The fourth-order valence-electron chi connectivity index (χ4n) is 4.19. The minimum Gasteiger partial charge on any atom is -0.490 e. The van der Waals surface area contributed by atoms with Crippen molar-refractivity contribution in [3.05, 3.63) is 61.5 Å². The number of urea groups is 1. The first-order valence-corrected chi connectivity index (χ1v) is 12.8. The lowest BCUT2D eigenvalue weighted by Crippen LogP contribution is -2.57. The van der Waals surface area contributed by atoms with Gasteiger partial charge in [0.2, 0.25) is 0 Å². The van der Waals surface area contributed by atoms with Crippen LogP contribution in [0.5, 0.6) is 11.5 Å². The van der Waals surface area contributed by atoms with Crippen molar-refractivity contribution in [1.82, 2.24) is 10.2 Å². The first-order valence-electron chi connectivity index (χ1n) is 11.2. The second kappa shape index (κ2) is 11.0. The van der Waals surface area contributed by atoms with Gasteiger partial charge in [0.1, 0.15) is 12.2 Å². The molecule has 35 heavy (non-hydrogen) atoms. The maximum Gasteiger partial charge on any atom is 0.331 e. The molecule has 2 fully saturated rings. The highest BCUT2D eigenvalue weighted by Crippen LogP contribution is 2.38. The number of benzene rings is 2. The Morgan fingerprint density at radius 3 is 2.51 bits per heavy atom. The maximum atomic E-state index is 13.1. The van der Waals surface area contributed by atoms with Gasteiger partial charge in [-0.25, -0.2) is 4.79 Å². The van der Waals surface area contributed by atoms with Gasteiger partial charge in [-0.3, -0.25) is 19.8 Å². The van der Waals surface area contributed by atoms with E-state index >= 15 is 0 Å². The molecule has 10 heteroatoms. The molecular weight excluding hydrogens is 559 g/mol. The first-order chi connectivity index (χ1) is 16.8. The van der Waals surface area contributed by atoms with Crippen LogP contribution in [-0.2, 0) is 16.2 Å². The van der Waals surface area contributed by atoms with Crippen molar-refractivity contribution in [3.8, 4) is 11.5 Å². The van der Waals surface area contributed by atoms with E-state index in [1.165, 1.54) is 11.0 Å². The average molecular weight is 582 g/mol. The molecule has 0 spiro atoms. The third kappa shape index (κ3) is 5.66. The zero-order valence-corrected chi connectivity index (χ0v) is 22.0. The number of ether oxygens (including phenoxy) is 2. The van der Waals surface area contributed by atoms with Crippen molar-refractivity contribution in [2.75, 3.05) is 6.61 Å². The Morgan fingerprint density at radius 1 is 1.09 bits per heavy atom. The summed E-state index contributed by atoms with van der Waals surface area (Å²) in [6, 6.07) is 7.78. The number of hydrogen-bond acceptors (Lipinski definition) is 5. The third-order valence-corrected chi connectivity index (χ3v) is 7.16. The van der Waals surface area contributed by atoms with Crippen LogP contribution in [0.25, 0.3) is 6.08 Å². The van der Waals surface area contributed by atoms with Gasteiger partial charge >= 0.3 is 6.03 Å². The number of carbonyl (C=O) groups excluding carboxylic acids is 3. The van der Waals surface area contributed by atoms with Gasteiger partial charge in [-0.1, -0.05) is 42.1 Å². The number of hydrogen-bond donors (Lipinski definition) is 1. The molecule has 1 aliphatic heterocycles. The summed E-state index contributed by atoms with van der Waals surface area (Å²) in [5.41, 5.74) is 1.26. The molecule has 1 saturated heterocycles. The molecule has 0 bridgehead atoms. The van der Waals surface area contributed by atoms with E-state index in [0.717, 1.165) is 31.2 Å². The number of amides is 4. The number of carbonyl (C=O) groups is 3. The van der Waals surface area contributed by atoms with Gasteiger partial charge in [0, 0.05) is 6.04 Å². The lowest BCUT2D eigenvalue weighted by atomic mass is 10.0. The lowest BCUT2D eigenvalue weighted by molar-refractivity contribution is -0.131. The molecule has 184 valence electrons. The van der Waals surface area contributed by atoms with Crippen LogP contribution in [0, 0.1) is 0 Å². The SMILES string of the molecule is CCOc1cc(/C=C2\C(=O)NC(=O)N(C3CCCC3)C2=O)cc(Br)c1OCc1ccc(Cl)c(Cl)c1. The van der Waals surface area contributed by atoms with Crippen molar-refractivity contribution >= 4 is 63.1 Å². The number of nitrogens with one attached hydrogen (secondary N) is 1. The normalized spacial score (nSPS) is 17.8. The van der Waals surface area contributed by atoms with E-state index in [1.54, 1.807) is 24.3 Å². The Balaban J connectivity index is 1.62. The van der Waals surface area contributed by atoms with Gasteiger partial charge in [-0.05, 0) is 77.2 Å². The van der Waals surface area contributed by atoms with Crippen molar-refractivity contribution in [3.63, 3.8) is 0 Å². The molecule has 0 radical (unpaired) electrons. The Kier molecular flexibility index (Phi) is 8.04. The van der Waals surface area contributed by atoms with E-state index in [1.807, 2.05) is 13.0 Å². The van der Waals surface area contributed by atoms with Crippen molar-refractivity contribution in [2.45, 2.75) is 45.3 Å². The molecule has 0 aromatic heterocycles. The maximum absolute atomic E-state index is 13.1. The summed E-state index contributed by atoms with van der Waals surface area (Å²) >= 11 is 15.6. The average Bonchev–Trinajstić information content (AvgIpc) is 3.33. The molecule has 2 aliphatic rings. The predicted molar refractivity (Wildman–Crippen MR) is 137 cm³/mol. The number of halogens is 3. The molecule has 1 N–H and O–H groups in total. The monoisotopic (exact) mass is 580 g/mol. The van der Waals surface area contributed by atoms with E-state index in [-0.39, 0.29) is 18.2 Å². The number of barbiturate groups is 1. The minimum atomic E-state index is -0.719. The van der Waals surface area contributed by atoms with E-state index in [2.05, 4.69) is 21.2 Å². The number of rotatable bonds is 7. The summed E-state index contributed by atoms with van der Waals surface area (Å²) in [5, 5.41) is 3.18. The van der Waals surface area contributed by atoms with Gasteiger partial charge in [-0.15, -0.1) is 0 Å². The Labute approximate surface area is 221 Å². The zero-order chi connectivity index (χ0) is 25.1. The van der Waals surface area contributed by atoms with Crippen LogP contribution in [-0.4, -0.2) is 35.4 Å². The standard InChI is InChI=1S/C25H23BrCl2N2O5/c1-2-34-21-12-15(10-18(26)22(21)35-13-14-7-8-19(27)20(28)11-14)9-17-23(31)29-25(33)30(24(17)32)16-5-3-4-6-16/h7-12,16H,2-6,13H2,1H3,(H,29,31,33)/b17-9+. The molecule has 2 aromatic carbocycles. The third-order valence-electron chi connectivity index (χ3n) is 5.83. The van der Waals surface area contributed by atoms with E-state index in [0.29, 0.717) is 38.2 Å². The molecule has 7 nitrogen and oxygen atoms in total. The topological polar surface area (TPSA) is 84.9 Å². The zero-order valence-electron chi connectivity index (χ0n) is 18.9. The summed E-state index contributed by atoms with van der Waals surface area (Å²) in [6.45, 7) is 2.43. The fourth-order valence-corrected chi connectivity index (χ4v) is 5.09. The minimum absolute atomic E-state index is 0.102. The highest BCUT2D eigenvalue weighted by Gasteiger charge is 2.40.